The van der Waals surface area contributed by atoms with Crippen LogP contribution >= 0.6 is 15.9 Å². The Morgan fingerprint density at radius 1 is 1.30 bits per heavy atom. The molecule has 2 N–H and O–H groups in total. The molecule has 1 aromatic carbocycles. The minimum absolute atomic E-state index is 0.254. The van der Waals surface area contributed by atoms with Gasteiger partial charge in [-0.1, -0.05) is 15.9 Å². The van der Waals surface area contributed by atoms with Gasteiger partial charge in [-0.05, 0) is 44.5 Å². The predicted molar refractivity (Wildman–Crippen MR) is 81.9 cm³/mol. The lowest BCUT2D eigenvalue weighted by Crippen LogP contribution is -2.29. The Hall–Kier alpha value is -1.08. The first-order valence-electron chi connectivity index (χ1n) is 5.94. The Kier molecular flexibility index (Phi) is 5.21. The molecule has 0 bridgehead atoms. The first kappa shape index (κ1) is 17.0. The van der Waals surface area contributed by atoms with Gasteiger partial charge in [0, 0.05) is 10.2 Å². The highest BCUT2D eigenvalue weighted by molar-refractivity contribution is 9.10. The maximum Gasteiger partial charge on any atom is 0.321 e. The minimum atomic E-state index is -3.59. The molecular weight excluding hydrogens is 346 g/mol. The molecule has 0 aromatic heterocycles. The number of hydrogen-bond acceptors (Lipinski definition) is 5. The molecule has 0 saturated carbocycles. The lowest BCUT2D eigenvalue weighted by molar-refractivity contribution is -0.151. The number of ether oxygens (including phenoxy) is 1. The Morgan fingerprint density at radius 3 is 2.40 bits per heavy atom. The SMILES string of the molecule is CC(C)(C)OC(=O)CS(=O)(=O)Cc1cc(N)cc(Br)c1. The van der Waals surface area contributed by atoms with Crippen LogP contribution in [-0.2, 0) is 25.1 Å². The Morgan fingerprint density at radius 2 is 1.90 bits per heavy atom. The van der Waals surface area contributed by atoms with Crippen molar-refractivity contribution < 1.29 is 17.9 Å². The summed E-state index contributed by atoms with van der Waals surface area (Å²) in [4.78, 5) is 11.6. The van der Waals surface area contributed by atoms with Crippen molar-refractivity contribution in [1.29, 1.82) is 0 Å². The van der Waals surface area contributed by atoms with E-state index in [1.165, 1.54) is 0 Å². The first-order valence-corrected chi connectivity index (χ1v) is 8.55. The fourth-order valence-corrected chi connectivity index (χ4v) is 3.37. The molecular formula is C13H18BrNO4S. The van der Waals surface area contributed by atoms with E-state index in [0.717, 1.165) is 0 Å². The van der Waals surface area contributed by atoms with E-state index in [-0.39, 0.29) is 5.75 Å². The maximum absolute atomic E-state index is 12.0. The molecule has 1 rings (SSSR count). The molecule has 7 heteroatoms. The van der Waals surface area contributed by atoms with Gasteiger partial charge in [0.2, 0.25) is 0 Å². The molecule has 112 valence electrons. The van der Waals surface area contributed by atoms with Gasteiger partial charge in [-0.2, -0.15) is 0 Å². The zero-order valence-electron chi connectivity index (χ0n) is 11.6. The van der Waals surface area contributed by atoms with Gasteiger partial charge < -0.3 is 10.5 Å². The summed E-state index contributed by atoms with van der Waals surface area (Å²) in [5.74, 6) is -1.65. The van der Waals surface area contributed by atoms with Crippen molar-refractivity contribution in [2.24, 2.45) is 0 Å². The van der Waals surface area contributed by atoms with Crippen molar-refractivity contribution in [1.82, 2.24) is 0 Å². The fourth-order valence-electron chi connectivity index (χ4n) is 1.61. The number of carbonyl (C=O) groups is 1. The van der Waals surface area contributed by atoms with Gasteiger partial charge in [-0.3, -0.25) is 4.79 Å². The van der Waals surface area contributed by atoms with Crippen LogP contribution in [0.5, 0.6) is 0 Å². The van der Waals surface area contributed by atoms with Crippen LogP contribution in [0.25, 0.3) is 0 Å². The standard InChI is InChI=1S/C13H18BrNO4S/c1-13(2,3)19-12(16)8-20(17,18)7-9-4-10(14)6-11(15)5-9/h4-6H,7-8,15H2,1-3H3. The van der Waals surface area contributed by atoms with Crippen LogP contribution in [0.2, 0.25) is 0 Å². The number of nitrogen functional groups attached to an aromatic ring is 1. The minimum Gasteiger partial charge on any atom is -0.459 e. The molecule has 0 aliphatic heterocycles. The third-order valence-electron chi connectivity index (χ3n) is 2.12. The van der Waals surface area contributed by atoms with Crippen molar-refractivity contribution in [2.45, 2.75) is 32.1 Å². The summed E-state index contributed by atoms with van der Waals surface area (Å²) in [6.45, 7) is 5.06. The van der Waals surface area contributed by atoms with Gasteiger partial charge >= 0.3 is 5.97 Å². The summed E-state index contributed by atoms with van der Waals surface area (Å²) >= 11 is 3.24. The number of benzene rings is 1. The fraction of sp³-hybridized carbons (Fsp3) is 0.462. The van der Waals surface area contributed by atoms with E-state index in [9.17, 15) is 13.2 Å². The summed E-state index contributed by atoms with van der Waals surface area (Å²) in [5, 5.41) is 0. The summed E-state index contributed by atoms with van der Waals surface area (Å²) in [6.07, 6.45) is 0. The highest BCUT2D eigenvalue weighted by Gasteiger charge is 2.23. The quantitative estimate of drug-likeness (QED) is 0.654. The second kappa shape index (κ2) is 6.13. The maximum atomic E-state index is 12.0. The number of esters is 1. The highest BCUT2D eigenvalue weighted by atomic mass is 79.9. The third kappa shape index (κ3) is 6.38. The van der Waals surface area contributed by atoms with E-state index < -0.39 is 27.2 Å². The van der Waals surface area contributed by atoms with Gasteiger partial charge in [-0.25, -0.2) is 8.42 Å². The van der Waals surface area contributed by atoms with E-state index in [1.807, 2.05) is 0 Å². The molecule has 0 amide bonds. The van der Waals surface area contributed by atoms with E-state index >= 15 is 0 Å². The van der Waals surface area contributed by atoms with Gasteiger partial charge in [0.05, 0.1) is 5.75 Å². The van der Waals surface area contributed by atoms with Gasteiger partial charge in [0.25, 0.3) is 0 Å². The summed E-state index contributed by atoms with van der Waals surface area (Å²) in [7, 11) is -3.59. The van der Waals surface area contributed by atoms with Crippen molar-refractivity contribution in [3.8, 4) is 0 Å². The van der Waals surface area contributed by atoms with Gasteiger partial charge in [-0.15, -0.1) is 0 Å². The summed E-state index contributed by atoms with van der Waals surface area (Å²) < 4.78 is 29.6. The highest BCUT2D eigenvalue weighted by Crippen LogP contribution is 2.19. The molecule has 1 aromatic rings. The molecule has 0 spiro atoms. The molecule has 0 radical (unpaired) electrons. The second-order valence-electron chi connectivity index (χ2n) is 5.51. The zero-order chi connectivity index (χ0) is 15.6. The van der Waals surface area contributed by atoms with Crippen molar-refractivity contribution in [3.63, 3.8) is 0 Å². The summed E-state index contributed by atoms with van der Waals surface area (Å²) in [5.41, 5.74) is 5.93. The van der Waals surface area contributed by atoms with Crippen LogP contribution in [-0.4, -0.2) is 25.7 Å². The Balaban J connectivity index is 2.77. The van der Waals surface area contributed by atoms with Crippen molar-refractivity contribution in [2.75, 3.05) is 11.5 Å². The number of hydrogen-bond donors (Lipinski definition) is 1. The van der Waals surface area contributed by atoms with Crippen LogP contribution in [0.15, 0.2) is 22.7 Å². The lowest BCUT2D eigenvalue weighted by atomic mass is 10.2. The number of rotatable bonds is 4. The molecule has 5 nitrogen and oxygen atoms in total. The second-order valence-corrected chi connectivity index (χ2v) is 8.49. The van der Waals surface area contributed by atoms with Crippen LogP contribution in [0, 0.1) is 0 Å². The predicted octanol–water partition coefficient (Wildman–Crippen LogP) is 2.29. The van der Waals surface area contributed by atoms with E-state index in [4.69, 9.17) is 10.5 Å². The van der Waals surface area contributed by atoms with Gasteiger partial charge in [0.1, 0.15) is 11.4 Å². The largest absolute Gasteiger partial charge is 0.459 e. The summed E-state index contributed by atoms with van der Waals surface area (Å²) in [6, 6.07) is 4.89. The van der Waals surface area contributed by atoms with Crippen LogP contribution < -0.4 is 5.73 Å². The topological polar surface area (TPSA) is 86.5 Å². The zero-order valence-corrected chi connectivity index (χ0v) is 14.0. The lowest BCUT2D eigenvalue weighted by Gasteiger charge is -2.19. The molecule has 0 fully saturated rings. The Bertz CT molecular complexity index is 585. The molecule has 20 heavy (non-hydrogen) atoms. The monoisotopic (exact) mass is 363 g/mol. The first-order chi connectivity index (χ1) is 8.97. The average molecular weight is 364 g/mol. The number of carbonyl (C=O) groups excluding carboxylic acids is 1. The van der Waals surface area contributed by atoms with Crippen LogP contribution in [0.3, 0.4) is 0 Å². The Labute approximate surface area is 127 Å². The smallest absolute Gasteiger partial charge is 0.321 e. The van der Waals surface area contributed by atoms with Crippen LogP contribution in [0.1, 0.15) is 26.3 Å². The molecule has 0 unspecified atom stereocenters. The molecule has 0 aliphatic carbocycles. The normalized spacial score (nSPS) is 12.2. The number of nitrogens with two attached hydrogens (primary N) is 1. The van der Waals surface area contributed by atoms with E-state index in [2.05, 4.69) is 15.9 Å². The number of anilines is 1. The molecule has 0 saturated heterocycles. The molecule has 0 atom stereocenters. The van der Waals surface area contributed by atoms with Crippen molar-refractivity contribution in [3.05, 3.63) is 28.2 Å². The molecule has 0 aliphatic rings. The average Bonchev–Trinajstić information content (AvgIpc) is 2.08. The molecule has 0 heterocycles. The third-order valence-corrected chi connectivity index (χ3v) is 4.03. The van der Waals surface area contributed by atoms with E-state index in [1.54, 1.807) is 39.0 Å². The van der Waals surface area contributed by atoms with E-state index in [0.29, 0.717) is 15.7 Å². The number of sulfone groups is 1. The van der Waals surface area contributed by atoms with Crippen LogP contribution in [0.4, 0.5) is 5.69 Å². The van der Waals surface area contributed by atoms with Gasteiger partial charge in [0.15, 0.2) is 9.84 Å². The number of halogens is 1. The van der Waals surface area contributed by atoms with Crippen molar-refractivity contribution >= 4 is 37.4 Å².